The number of halogens is 1. The number of hydrogen-bond acceptors (Lipinski definition) is 3. The Balaban J connectivity index is 2.15. The number of aliphatic carboxylic acids is 1. The number of carboxylic acids is 1. The van der Waals surface area contributed by atoms with Gasteiger partial charge in [0.1, 0.15) is 16.4 Å². The molecule has 1 aromatic carbocycles. The maximum Gasteiger partial charge on any atom is 0.319 e. The quantitative estimate of drug-likeness (QED) is 0.894. The number of aromatic amines is 1. The second kappa shape index (κ2) is 4.61. The van der Waals surface area contributed by atoms with Gasteiger partial charge in [0.05, 0.1) is 16.8 Å². The van der Waals surface area contributed by atoms with Crippen LogP contribution in [-0.2, 0) is 10.5 Å². The van der Waals surface area contributed by atoms with Gasteiger partial charge in [0, 0.05) is 0 Å². The molecule has 2 rings (SSSR count). The Morgan fingerprint density at radius 3 is 2.94 bits per heavy atom. The first kappa shape index (κ1) is 12.9. The molecule has 1 aromatic heterocycles. The first-order valence-electron chi connectivity index (χ1n) is 5.40. The molecule has 2 N–H and O–H groups in total. The van der Waals surface area contributed by atoms with E-state index in [0.717, 1.165) is 0 Å². The van der Waals surface area contributed by atoms with Crippen LogP contribution in [0, 0.1) is 5.82 Å². The molecule has 0 unspecified atom stereocenters. The molecule has 0 bridgehead atoms. The van der Waals surface area contributed by atoms with Crippen molar-refractivity contribution in [3.8, 4) is 0 Å². The normalized spacial score (nSPS) is 11.9. The molecule has 96 valence electrons. The van der Waals surface area contributed by atoms with E-state index in [1.807, 2.05) is 0 Å². The Kier molecular flexibility index (Phi) is 3.30. The molecule has 4 nitrogen and oxygen atoms in total. The Labute approximate surface area is 108 Å². The summed E-state index contributed by atoms with van der Waals surface area (Å²) in [5.74, 6) is -0.101. The molecule has 0 radical (unpaired) electrons. The molecule has 18 heavy (non-hydrogen) atoms. The zero-order valence-corrected chi connectivity index (χ0v) is 10.8. The number of nitrogens with zero attached hydrogens (tertiary/aromatic N) is 1. The second-order valence-corrected chi connectivity index (χ2v) is 6.05. The number of imidazole rings is 1. The van der Waals surface area contributed by atoms with Crippen LogP contribution < -0.4 is 0 Å². The van der Waals surface area contributed by atoms with Crippen molar-refractivity contribution in [2.45, 2.75) is 24.3 Å². The third-order valence-corrected chi connectivity index (χ3v) is 3.89. The van der Waals surface area contributed by atoms with Crippen LogP contribution in [0.25, 0.3) is 11.0 Å². The summed E-state index contributed by atoms with van der Waals surface area (Å²) in [6.45, 7) is 3.28. The summed E-state index contributed by atoms with van der Waals surface area (Å²) in [5, 5.41) is 8.99. The third-order valence-electron chi connectivity index (χ3n) is 2.58. The van der Waals surface area contributed by atoms with E-state index in [1.165, 1.54) is 23.9 Å². The van der Waals surface area contributed by atoms with Crippen LogP contribution in [0.2, 0.25) is 0 Å². The van der Waals surface area contributed by atoms with Gasteiger partial charge >= 0.3 is 5.97 Å². The number of aromatic nitrogens is 2. The summed E-state index contributed by atoms with van der Waals surface area (Å²) in [6, 6.07) is 4.32. The molecule has 1 heterocycles. The number of thioether (sulfide) groups is 1. The lowest BCUT2D eigenvalue weighted by Crippen LogP contribution is -2.27. The number of fused-ring (bicyclic) bond motifs is 1. The van der Waals surface area contributed by atoms with Crippen molar-refractivity contribution in [2.24, 2.45) is 0 Å². The van der Waals surface area contributed by atoms with Gasteiger partial charge in [-0.25, -0.2) is 9.37 Å². The second-order valence-electron chi connectivity index (χ2n) is 4.45. The van der Waals surface area contributed by atoms with Gasteiger partial charge in [-0.3, -0.25) is 4.79 Å². The van der Waals surface area contributed by atoms with E-state index < -0.39 is 10.7 Å². The van der Waals surface area contributed by atoms with Crippen LogP contribution in [0.4, 0.5) is 4.39 Å². The van der Waals surface area contributed by atoms with Gasteiger partial charge in [0.25, 0.3) is 0 Å². The third kappa shape index (κ3) is 2.64. The number of carboxylic acid groups (broad SMARTS) is 1. The molecule has 2 aromatic rings. The van der Waals surface area contributed by atoms with Crippen molar-refractivity contribution in [1.82, 2.24) is 9.97 Å². The van der Waals surface area contributed by atoms with E-state index in [1.54, 1.807) is 19.9 Å². The molecule has 0 aliphatic heterocycles. The molecule has 0 aliphatic carbocycles. The molecule has 0 fully saturated rings. The van der Waals surface area contributed by atoms with Crippen LogP contribution in [0.15, 0.2) is 18.2 Å². The highest BCUT2D eigenvalue weighted by Crippen LogP contribution is 2.28. The fraction of sp³-hybridized carbons (Fsp3) is 0.333. The average Bonchev–Trinajstić information content (AvgIpc) is 2.68. The number of carbonyl (C=O) groups is 1. The summed E-state index contributed by atoms with van der Waals surface area (Å²) in [5.41, 5.74) is 1.30. The van der Waals surface area contributed by atoms with Crippen molar-refractivity contribution in [2.75, 3.05) is 0 Å². The summed E-state index contributed by atoms with van der Waals surface area (Å²) >= 11 is 1.27. The highest BCUT2D eigenvalue weighted by atomic mass is 32.2. The molecular weight excluding hydrogens is 255 g/mol. The van der Waals surface area contributed by atoms with Crippen molar-refractivity contribution < 1.29 is 14.3 Å². The summed E-state index contributed by atoms with van der Waals surface area (Å²) in [4.78, 5) is 18.2. The van der Waals surface area contributed by atoms with E-state index in [4.69, 9.17) is 5.11 Å². The van der Waals surface area contributed by atoms with Gasteiger partial charge in [0.15, 0.2) is 0 Å². The number of rotatable bonds is 4. The Morgan fingerprint density at radius 1 is 1.56 bits per heavy atom. The fourth-order valence-electron chi connectivity index (χ4n) is 1.41. The Hall–Kier alpha value is -1.56. The van der Waals surface area contributed by atoms with Crippen LogP contribution >= 0.6 is 11.8 Å². The fourth-order valence-corrected chi connectivity index (χ4v) is 2.17. The minimum absolute atomic E-state index is 0.323. The maximum absolute atomic E-state index is 13.0. The highest BCUT2D eigenvalue weighted by molar-refractivity contribution is 8.00. The SMILES string of the molecule is CC(C)(SCc1nc2ccc(F)cc2[nH]1)C(=O)O. The monoisotopic (exact) mass is 268 g/mol. The molecule has 6 heteroatoms. The number of hydrogen-bond donors (Lipinski definition) is 2. The molecule has 0 atom stereocenters. The predicted octanol–water partition coefficient (Wildman–Crippen LogP) is 2.80. The standard InChI is InChI=1S/C12H13FN2O2S/c1-12(2,11(16)17)18-6-10-14-8-4-3-7(13)5-9(8)15-10/h3-5H,6H2,1-2H3,(H,14,15)(H,16,17). The van der Waals surface area contributed by atoms with E-state index in [9.17, 15) is 9.18 Å². The van der Waals surface area contributed by atoms with Gasteiger partial charge in [-0.1, -0.05) is 0 Å². The van der Waals surface area contributed by atoms with Crippen molar-refractivity contribution in [3.05, 3.63) is 29.8 Å². The van der Waals surface area contributed by atoms with Crippen LogP contribution in [0.5, 0.6) is 0 Å². The Morgan fingerprint density at radius 2 is 2.28 bits per heavy atom. The number of nitrogens with one attached hydrogen (secondary N) is 1. The number of benzene rings is 1. The van der Waals surface area contributed by atoms with Crippen LogP contribution in [0.3, 0.4) is 0 Å². The summed E-state index contributed by atoms with van der Waals surface area (Å²) in [6.07, 6.45) is 0. The van der Waals surface area contributed by atoms with Crippen molar-refractivity contribution >= 4 is 28.8 Å². The minimum atomic E-state index is -0.871. The summed E-state index contributed by atoms with van der Waals surface area (Å²) in [7, 11) is 0. The molecule has 0 saturated carbocycles. The van der Waals surface area contributed by atoms with Gasteiger partial charge in [-0.15, -0.1) is 11.8 Å². The van der Waals surface area contributed by atoms with Crippen molar-refractivity contribution in [3.63, 3.8) is 0 Å². The van der Waals surface area contributed by atoms with E-state index >= 15 is 0 Å². The predicted molar refractivity (Wildman–Crippen MR) is 69.1 cm³/mol. The minimum Gasteiger partial charge on any atom is -0.480 e. The van der Waals surface area contributed by atoms with Gasteiger partial charge in [0.2, 0.25) is 0 Å². The zero-order valence-electron chi connectivity index (χ0n) is 10.0. The van der Waals surface area contributed by atoms with E-state index in [0.29, 0.717) is 22.6 Å². The molecule has 0 spiro atoms. The number of H-pyrrole nitrogens is 1. The van der Waals surface area contributed by atoms with Gasteiger partial charge < -0.3 is 10.1 Å². The molecule has 0 aliphatic rings. The maximum atomic E-state index is 13.0. The zero-order chi connectivity index (χ0) is 13.3. The topological polar surface area (TPSA) is 66.0 Å². The largest absolute Gasteiger partial charge is 0.480 e. The van der Waals surface area contributed by atoms with Gasteiger partial charge in [-0.2, -0.15) is 0 Å². The van der Waals surface area contributed by atoms with Crippen molar-refractivity contribution in [1.29, 1.82) is 0 Å². The smallest absolute Gasteiger partial charge is 0.319 e. The first-order chi connectivity index (χ1) is 8.38. The van der Waals surface area contributed by atoms with Gasteiger partial charge in [-0.05, 0) is 32.0 Å². The molecular formula is C12H13FN2O2S. The lowest BCUT2D eigenvalue weighted by atomic mass is 10.2. The highest BCUT2D eigenvalue weighted by Gasteiger charge is 2.27. The summed E-state index contributed by atoms with van der Waals surface area (Å²) < 4.78 is 12.1. The van der Waals surface area contributed by atoms with Crippen LogP contribution in [-0.4, -0.2) is 25.8 Å². The van der Waals surface area contributed by atoms with Crippen LogP contribution in [0.1, 0.15) is 19.7 Å². The Bertz CT molecular complexity index is 595. The van der Waals surface area contributed by atoms with E-state index in [2.05, 4.69) is 9.97 Å². The average molecular weight is 268 g/mol. The first-order valence-corrected chi connectivity index (χ1v) is 6.38. The molecule has 0 amide bonds. The lowest BCUT2D eigenvalue weighted by molar-refractivity contribution is -0.138. The molecule has 0 saturated heterocycles. The lowest BCUT2D eigenvalue weighted by Gasteiger charge is -2.17. The van der Waals surface area contributed by atoms with E-state index in [-0.39, 0.29) is 5.82 Å².